The lowest BCUT2D eigenvalue weighted by molar-refractivity contribution is -0.120. The molecule has 2 rings (SSSR count). The van der Waals surface area contributed by atoms with Crippen molar-refractivity contribution >= 4 is 11.6 Å². The van der Waals surface area contributed by atoms with Crippen LogP contribution in [0.15, 0.2) is 48.8 Å². The van der Waals surface area contributed by atoms with Crippen LogP contribution in [0.1, 0.15) is 11.1 Å². The zero-order valence-corrected chi connectivity index (χ0v) is 12.7. The molecule has 0 fully saturated rings. The van der Waals surface area contributed by atoms with Crippen molar-refractivity contribution in [3.63, 3.8) is 0 Å². The maximum atomic E-state index is 12.0. The molecule has 1 heterocycles. The Hall–Kier alpha value is -2.40. The molecular weight excluding hydrogens is 278 g/mol. The van der Waals surface area contributed by atoms with E-state index in [4.69, 9.17) is 4.74 Å². The summed E-state index contributed by atoms with van der Waals surface area (Å²) in [7, 11) is 1.67. The van der Waals surface area contributed by atoms with E-state index in [9.17, 15) is 4.79 Å². The number of pyridine rings is 1. The highest BCUT2D eigenvalue weighted by Gasteiger charge is 2.05. The normalized spacial score (nSPS) is 10.2. The number of rotatable bonds is 8. The summed E-state index contributed by atoms with van der Waals surface area (Å²) in [5, 5.41) is 6.24. The average Bonchev–Trinajstić information content (AvgIpc) is 2.55. The lowest BCUT2D eigenvalue weighted by Gasteiger charge is -2.12. The van der Waals surface area contributed by atoms with E-state index in [2.05, 4.69) is 15.6 Å². The summed E-state index contributed by atoms with van der Waals surface area (Å²) in [6.07, 6.45) is 3.75. The highest BCUT2D eigenvalue weighted by atomic mass is 16.5. The number of aromatic nitrogens is 1. The molecular formula is C17H21N3O2. The van der Waals surface area contributed by atoms with Gasteiger partial charge in [-0.2, -0.15) is 0 Å². The summed E-state index contributed by atoms with van der Waals surface area (Å²) in [5.74, 6) is -0.0142. The number of ether oxygens (including phenoxy) is 1. The van der Waals surface area contributed by atoms with Crippen molar-refractivity contribution in [2.75, 3.05) is 25.6 Å². The Kier molecular flexibility index (Phi) is 6.39. The van der Waals surface area contributed by atoms with Gasteiger partial charge < -0.3 is 15.4 Å². The summed E-state index contributed by atoms with van der Waals surface area (Å²) >= 11 is 0. The molecule has 1 aromatic carbocycles. The number of carbonyl (C=O) groups is 1. The first kappa shape index (κ1) is 16.0. The number of para-hydroxylation sites is 1. The molecule has 1 amide bonds. The number of nitrogens with zero attached hydrogens (tertiary/aromatic N) is 1. The lowest BCUT2D eigenvalue weighted by Crippen LogP contribution is -2.25. The predicted octanol–water partition coefficient (Wildman–Crippen LogP) is 2.00. The van der Waals surface area contributed by atoms with Crippen LogP contribution in [0.3, 0.4) is 0 Å². The van der Waals surface area contributed by atoms with Gasteiger partial charge in [-0.1, -0.05) is 24.3 Å². The second-order valence-corrected chi connectivity index (χ2v) is 4.89. The van der Waals surface area contributed by atoms with Crippen molar-refractivity contribution in [1.29, 1.82) is 0 Å². The summed E-state index contributed by atoms with van der Waals surface area (Å²) in [6, 6.07) is 11.7. The van der Waals surface area contributed by atoms with E-state index >= 15 is 0 Å². The Morgan fingerprint density at radius 1 is 1.23 bits per heavy atom. The topological polar surface area (TPSA) is 63.2 Å². The van der Waals surface area contributed by atoms with Crippen LogP contribution < -0.4 is 10.6 Å². The largest absolute Gasteiger partial charge is 0.383 e. The first-order valence-corrected chi connectivity index (χ1v) is 7.26. The maximum Gasteiger partial charge on any atom is 0.224 e. The molecule has 0 aliphatic carbocycles. The number of benzene rings is 1. The van der Waals surface area contributed by atoms with Gasteiger partial charge in [0.1, 0.15) is 0 Å². The Balaban J connectivity index is 1.86. The van der Waals surface area contributed by atoms with Crippen LogP contribution in [-0.2, 0) is 22.5 Å². The molecule has 0 unspecified atom stereocenters. The van der Waals surface area contributed by atoms with Gasteiger partial charge in [-0.05, 0) is 23.3 Å². The van der Waals surface area contributed by atoms with Crippen LogP contribution in [0.2, 0.25) is 0 Å². The fraction of sp³-hybridized carbons (Fsp3) is 0.294. The zero-order chi connectivity index (χ0) is 15.6. The maximum absolute atomic E-state index is 12.0. The first-order chi connectivity index (χ1) is 10.8. The molecule has 2 aromatic rings. The van der Waals surface area contributed by atoms with Crippen LogP contribution in [0.4, 0.5) is 5.69 Å². The second-order valence-electron chi connectivity index (χ2n) is 4.89. The molecule has 2 N–H and O–H groups in total. The molecule has 0 saturated carbocycles. The Morgan fingerprint density at radius 3 is 2.86 bits per heavy atom. The van der Waals surface area contributed by atoms with Gasteiger partial charge in [0.05, 0.1) is 13.0 Å². The number of amides is 1. The van der Waals surface area contributed by atoms with Gasteiger partial charge in [0.2, 0.25) is 5.91 Å². The third kappa shape index (κ3) is 5.18. The summed E-state index contributed by atoms with van der Waals surface area (Å²) < 4.78 is 5.03. The van der Waals surface area contributed by atoms with Gasteiger partial charge in [0, 0.05) is 38.3 Å². The first-order valence-electron chi connectivity index (χ1n) is 7.26. The Bertz CT molecular complexity index is 587. The van der Waals surface area contributed by atoms with Crippen LogP contribution in [0.25, 0.3) is 0 Å². The van der Waals surface area contributed by atoms with E-state index in [1.165, 1.54) is 0 Å². The second kappa shape index (κ2) is 8.79. The third-order valence-corrected chi connectivity index (χ3v) is 3.20. The van der Waals surface area contributed by atoms with E-state index in [-0.39, 0.29) is 5.91 Å². The van der Waals surface area contributed by atoms with Crippen LogP contribution >= 0.6 is 0 Å². The van der Waals surface area contributed by atoms with Gasteiger partial charge in [-0.3, -0.25) is 9.78 Å². The van der Waals surface area contributed by atoms with E-state index in [0.717, 1.165) is 23.4 Å². The molecule has 22 heavy (non-hydrogen) atoms. The SMILES string of the molecule is COCCNc1ccccc1CNC(=O)Cc1cccnc1. The fourth-order valence-corrected chi connectivity index (χ4v) is 2.08. The van der Waals surface area contributed by atoms with Crippen molar-refractivity contribution in [2.45, 2.75) is 13.0 Å². The van der Waals surface area contributed by atoms with Crippen molar-refractivity contribution in [1.82, 2.24) is 10.3 Å². The predicted molar refractivity (Wildman–Crippen MR) is 86.6 cm³/mol. The highest BCUT2D eigenvalue weighted by molar-refractivity contribution is 5.78. The number of methoxy groups -OCH3 is 1. The molecule has 5 heteroatoms. The number of anilines is 1. The van der Waals surface area contributed by atoms with Crippen molar-refractivity contribution < 1.29 is 9.53 Å². The molecule has 1 aromatic heterocycles. The smallest absolute Gasteiger partial charge is 0.224 e. The molecule has 5 nitrogen and oxygen atoms in total. The van der Waals surface area contributed by atoms with Crippen molar-refractivity contribution in [2.24, 2.45) is 0 Å². The highest BCUT2D eigenvalue weighted by Crippen LogP contribution is 2.14. The molecule has 116 valence electrons. The molecule has 0 bridgehead atoms. The van der Waals surface area contributed by atoms with E-state index in [1.54, 1.807) is 19.5 Å². The number of nitrogens with one attached hydrogen (secondary N) is 2. The van der Waals surface area contributed by atoms with Crippen molar-refractivity contribution in [3.05, 3.63) is 59.9 Å². The third-order valence-electron chi connectivity index (χ3n) is 3.20. The molecule has 0 aliphatic heterocycles. The van der Waals surface area contributed by atoms with Gasteiger partial charge in [-0.15, -0.1) is 0 Å². The average molecular weight is 299 g/mol. The van der Waals surface area contributed by atoms with Gasteiger partial charge in [0.25, 0.3) is 0 Å². The minimum atomic E-state index is -0.0142. The van der Waals surface area contributed by atoms with E-state index in [1.807, 2.05) is 36.4 Å². The van der Waals surface area contributed by atoms with Gasteiger partial charge in [-0.25, -0.2) is 0 Å². The Morgan fingerprint density at radius 2 is 2.09 bits per heavy atom. The minimum Gasteiger partial charge on any atom is -0.383 e. The van der Waals surface area contributed by atoms with E-state index < -0.39 is 0 Å². The summed E-state index contributed by atoms with van der Waals surface area (Å²) in [6.45, 7) is 1.87. The molecule has 0 spiro atoms. The fourth-order valence-electron chi connectivity index (χ4n) is 2.08. The molecule has 0 saturated heterocycles. The van der Waals surface area contributed by atoms with Gasteiger partial charge in [0.15, 0.2) is 0 Å². The molecule has 0 atom stereocenters. The monoisotopic (exact) mass is 299 g/mol. The lowest BCUT2D eigenvalue weighted by atomic mass is 10.1. The number of hydrogen-bond donors (Lipinski definition) is 2. The van der Waals surface area contributed by atoms with Crippen LogP contribution in [-0.4, -0.2) is 31.2 Å². The van der Waals surface area contributed by atoms with E-state index in [0.29, 0.717) is 19.6 Å². The number of hydrogen-bond acceptors (Lipinski definition) is 4. The van der Waals surface area contributed by atoms with Crippen LogP contribution in [0.5, 0.6) is 0 Å². The van der Waals surface area contributed by atoms with Crippen molar-refractivity contribution in [3.8, 4) is 0 Å². The Labute approximate surface area is 130 Å². The standard InChI is InChI=1S/C17H21N3O2/c1-22-10-9-19-16-7-3-2-6-15(16)13-20-17(21)11-14-5-4-8-18-12-14/h2-8,12,19H,9-11,13H2,1H3,(H,20,21). The number of carbonyl (C=O) groups excluding carboxylic acids is 1. The molecule has 0 aliphatic rings. The van der Waals surface area contributed by atoms with Crippen LogP contribution in [0, 0.1) is 0 Å². The zero-order valence-electron chi connectivity index (χ0n) is 12.7. The minimum absolute atomic E-state index is 0.0142. The summed E-state index contributed by atoms with van der Waals surface area (Å²) in [4.78, 5) is 16.0. The quantitative estimate of drug-likeness (QED) is 0.732. The molecule has 0 radical (unpaired) electrons. The summed E-state index contributed by atoms with van der Waals surface area (Å²) in [5.41, 5.74) is 2.98. The van der Waals surface area contributed by atoms with Gasteiger partial charge >= 0.3 is 0 Å².